The Morgan fingerprint density at radius 1 is 1.16 bits per heavy atom. The largest absolute Gasteiger partial charge is 0.475 e. The van der Waals surface area contributed by atoms with Crippen molar-refractivity contribution in [1.82, 2.24) is 9.97 Å². The first-order valence-corrected chi connectivity index (χ1v) is 6.42. The number of nitrogens with one attached hydrogen (secondary N) is 1. The third kappa shape index (κ3) is 5.00. The molecule has 0 aromatic carbocycles. The maximum atomic E-state index is 5.66. The predicted molar refractivity (Wildman–Crippen MR) is 73.9 cm³/mol. The maximum Gasteiger partial charge on any atom is 0.222 e. The number of methoxy groups -OCH3 is 1. The third-order valence-corrected chi connectivity index (χ3v) is 2.56. The molecule has 1 heterocycles. The highest BCUT2D eigenvalue weighted by molar-refractivity contribution is 5.50. The molecule has 19 heavy (non-hydrogen) atoms. The zero-order valence-electron chi connectivity index (χ0n) is 12.1. The smallest absolute Gasteiger partial charge is 0.222 e. The molecule has 0 fully saturated rings. The molecular weight excluding hydrogens is 246 g/mol. The molecule has 0 unspecified atom stereocenters. The van der Waals surface area contributed by atoms with Crippen LogP contribution in [0.15, 0.2) is 6.33 Å². The topological polar surface area (TPSA) is 65.5 Å². The second kappa shape index (κ2) is 8.66. The number of rotatable bonds is 9. The Kier molecular flexibility index (Phi) is 7.14. The molecule has 0 saturated heterocycles. The van der Waals surface area contributed by atoms with Crippen molar-refractivity contribution in [3.63, 3.8) is 0 Å². The van der Waals surface area contributed by atoms with Gasteiger partial charge in [-0.25, -0.2) is 9.97 Å². The van der Waals surface area contributed by atoms with E-state index in [2.05, 4.69) is 29.1 Å². The van der Waals surface area contributed by atoms with E-state index in [0.29, 0.717) is 32.3 Å². The van der Waals surface area contributed by atoms with Crippen LogP contribution in [0, 0.1) is 0 Å². The zero-order chi connectivity index (χ0) is 14.1. The van der Waals surface area contributed by atoms with Crippen LogP contribution in [0.2, 0.25) is 0 Å². The molecule has 0 aliphatic rings. The molecule has 0 atom stereocenters. The van der Waals surface area contributed by atoms with Crippen molar-refractivity contribution in [3.05, 3.63) is 11.9 Å². The van der Waals surface area contributed by atoms with E-state index in [9.17, 15) is 0 Å². The van der Waals surface area contributed by atoms with E-state index in [1.165, 1.54) is 6.33 Å². The highest BCUT2D eigenvalue weighted by atomic mass is 16.5. The van der Waals surface area contributed by atoms with Crippen LogP contribution in [-0.4, -0.2) is 50.6 Å². The summed E-state index contributed by atoms with van der Waals surface area (Å²) >= 11 is 0. The van der Waals surface area contributed by atoms with Crippen LogP contribution in [0.3, 0.4) is 0 Å². The van der Waals surface area contributed by atoms with Crippen molar-refractivity contribution in [1.29, 1.82) is 0 Å². The highest BCUT2D eigenvalue weighted by Crippen LogP contribution is 2.29. The Labute approximate surface area is 114 Å². The Morgan fingerprint density at radius 2 is 1.89 bits per heavy atom. The van der Waals surface area contributed by atoms with Crippen molar-refractivity contribution in [2.75, 3.05) is 45.9 Å². The first kappa shape index (κ1) is 15.7. The highest BCUT2D eigenvalue weighted by Gasteiger charge is 2.15. The van der Waals surface area contributed by atoms with E-state index in [1.807, 2.05) is 7.05 Å². The first-order chi connectivity index (χ1) is 9.20. The second-order valence-corrected chi connectivity index (χ2v) is 4.30. The number of nitrogens with zero attached hydrogens (tertiary/aromatic N) is 2. The minimum atomic E-state index is 0.285. The molecule has 1 aromatic heterocycles. The third-order valence-electron chi connectivity index (χ3n) is 2.56. The van der Waals surface area contributed by atoms with Crippen LogP contribution >= 0.6 is 0 Å². The van der Waals surface area contributed by atoms with E-state index in [0.717, 1.165) is 11.4 Å². The summed E-state index contributed by atoms with van der Waals surface area (Å²) in [6.45, 7) is 6.31. The van der Waals surface area contributed by atoms with Gasteiger partial charge in [0, 0.05) is 14.2 Å². The van der Waals surface area contributed by atoms with Crippen molar-refractivity contribution < 1.29 is 14.2 Å². The van der Waals surface area contributed by atoms with Crippen molar-refractivity contribution >= 4 is 5.82 Å². The van der Waals surface area contributed by atoms with Gasteiger partial charge in [0.2, 0.25) is 5.88 Å². The molecule has 0 bridgehead atoms. The van der Waals surface area contributed by atoms with Crippen molar-refractivity contribution in [3.8, 4) is 5.88 Å². The monoisotopic (exact) mass is 269 g/mol. The van der Waals surface area contributed by atoms with Gasteiger partial charge in [0.25, 0.3) is 0 Å². The molecule has 0 saturated carbocycles. The fraction of sp³-hybridized carbons (Fsp3) is 0.692. The number of ether oxygens (including phenoxy) is 3. The van der Waals surface area contributed by atoms with Gasteiger partial charge in [0.05, 0.1) is 25.4 Å². The van der Waals surface area contributed by atoms with E-state index < -0.39 is 0 Å². The summed E-state index contributed by atoms with van der Waals surface area (Å²) in [6.07, 6.45) is 1.50. The van der Waals surface area contributed by atoms with Crippen molar-refractivity contribution in [2.24, 2.45) is 0 Å². The van der Waals surface area contributed by atoms with E-state index >= 15 is 0 Å². The van der Waals surface area contributed by atoms with Crippen LogP contribution in [0.5, 0.6) is 5.88 Å². The normalized spacial score (nSPS) is 10.8. The molecule has 0 aliphatic heterocycles. The van der Waals surface area contributed by atoms with E-state index in [1.54, 1.807) is 7.11 Å². The summed E-state index contributed by atoms with van der Waals surface area (Å²) in [7, 11) is 3.49. The summed E-state index contributed by atoms with van der Waals surface area (Å²) < 4.78 is 15.9. The Balaban J connectivity index is 2.53. The van der Waals surface area contributed by atoms with Gasteiger partial charge in [-0.15, -0.1) is 0 Å². The van der Waals surface area contributed by atoms with Crippen LogP contribution in [0.4, 0.5) is 5.82 Å². The summed E-state index contributed by atoms with van der Waals surface area (Å²) in [4.78, 5) is 8.39. The lowest BCUT2D eigenvalue weighted by atomic mass is 10.1. The standard InChI is InChI=1S/C13H23N3O3/c1-10(2)11-12(14-3)15-9-16-13(11)19-8-7-18-6-5-17-4/h9-10H,5-8H2,1-4H3,(H,14,15,16). The van der Waals surface area contributed by atoms with E-state index in [4.69, 9.17) is 14.2 Å². The van der Waals surface area contributed by atoms with Gasteiger partial charge in [0.1, 0.15) is 18.8 Å². The fourth-order valence-corrected chi connectivity index (χ4v) is 1.66. The molecule has 1 aromatic rings. The van der Waals surface area contributed by atoms with Gasteiger partial charge in [-0.05, 0) is 5.92 Å². The van der Waals surface area contributed by atoms with Gasteiger partial charge in [0.15, 0.2) is 0 Å². The minimum absolute atomic E-state index is 0.285. The molecule has 0 radical (unpaired) electrons. The van der Waals surface area contributed by atoms with Gasteiger partial charge >= 0.3 is 0 Å². The second-order valence-electron chi connectivity index (χ2n) is 4.30. The number of hydrogen-bond acceptors (Lipinski definition) is 6. The van der Waals surface area contributed by atoms with Crippen molar-refractivity contribution in [2.45, 2.75) is 19.8 Å². The molecule has 0 spiro atoms. The first-order valence-electron chi connectivity index (χ1n) is 6.42. The molecular formula is C13H23N3O3. The van der Waals surface area contributed by atoms with Gasteiger partial charge < -0.3 is 19.5 Å². The maximum absolute atomic E-state index is 5.66. The molecule has 0 aliphatic carbocycles. The molecule has 108 valence electrons. The molecule has 1 N–H and O–H groups in total. The van der Waals surface area contributed by atoms with Gasteiger partial charge in [-0.2, -0.15) is 0 Å². The quantitative estimate of drug-likeness (QED) is 0.688. The predicted octanol–water partition coefficient (Wildman–Crippen LogP) is 1.68. The Bertz CT molecular complexity index is 372. The number of hydrogen-bond donors (Lipinski definition) is 1. The fourth-order valence-electron chi connectivity index (χ4n) is 1.66. The molecule has 6 nitrogen and oxygen atoms in total. The van der Waals surface area contributed by atoms with E-state index in [-0.39, 0.29) is 5.92 Å². The SMILES string of the molecule is CNc1ncnc(OCCOCCOC)c1C(C)C. The molecule has 0 amide bonds. The number of aromatic nitrogens is 2. The Hall–Kier alpha value is -1.40. The molecule has 6 heteroatoms. The summed E-state index contributed by atoms with van der Waals surface area (Å²) in [5, 5.41) is 3.06. The number of anilines is 1. The minimum Gasteiger partial charge on any atom is -0.475 e. The van der Waals surface area contributed by atoms with Crippen LogP contribution < -0.4 is 10.1 Å². The molecule has 1 rings (SSSR count). The van der Waals surface area contributed by atoms with Gasteiger partial charge in [-0.3, -0.25) is 0 Å². The summed E-state index contributed by atoms with van der Waals surface area (Å²) in [5.41, 5.74) is 0.988. The lowest BCUT2D eigenvalue weighted by Crippen LogP contribution is -2.13. The summed E-state index contributed by atoms with van der Waals surface area (Å²) in [5.74, 6) is 1.71. The van der Waals surface area contributed by atoms with Crippen LogP contribution in [0.1, 0.15) is 25.3 Å². The average Bonchev–Trinajstić information content (AvgIpc) is 2.42. The average molecular weight is 269 g/mol. The van der Waals surface area contributed by atoms with Crippen LogP contribution in [0.25, 0.3) is 0 Å². The van der Waals surface area contributed by atoms with Crippen LogP contribution in [-0.2, 0) is 9.47 Å². The lowest BCUT2D eigenvalue weighted by Gasteiger charge is -2.15. The zero-order valence-corrected chi connectivity index (χ0v) is 12.1. The summed E-state index contributed by atoms with van der Waals surface area (Å²) in [6, 6.07) is 0. The Morgan fingerprint density at radius 3 is 2.53 bits per heavy atom. The van der Waals surface area contributed by atoms with Gasteiger partial charge in [-0.1, -0.05) is 13.8 Å². The lowest BCUT2D eigenvalue weighted by molar-refractivity contribution is 0.0534.